The van der Waals surface area contributed by atoms with Crippen molar-refractivity contribution in [2.75, 3.05) is 11.9 Å². The van der Waals surface area contributed by atoms with Gasteiger partial charge in [-0.05, 0) is 18.2 Å². The van der Waals surface area contributed by atoms with Crippen LogP contribution in [0.4, 0.5) is 5.69 Å². The Labute approximate surface area is 125 Å². The van der Waals surface area contributed by atoms with Crippen LogP contribution >= 0.6 is 12.2 Å². The van der Waals surface area contributed by atoms with E-state index in [0.717, 1.165) is 0 Å². The molecule has 1 heterocycles. The van der Waals surface area contributed by atoms with E-state index in [0.29, 0.717) is 11.4 Å². The van der Waals surface area contributed by atoms with Crippen molar-refractivity contribution < 1.29 is 9.53 Å². The Kier molecular flexibility index (Phi) is 4.68. The topological polar surface area (TPSA) is 97.2 Å². The van der Waals surface area contributed by atoms with E-state index < -0.39 is 5.91 Å². The fourth-order valence-corrected chi connectivity index (χ4v) is 1.66. The van der Waals surface area contributed by atoms with Crippen LogP contribution in [0.5, 0.6) is 5.75 Å². The van der Waals surface area contributed by atoms with E-state index in [1.54, 1.807) is 24.3 Å². The van der Waals surface area contributed by atoms with Crippen molar-refractivity contribution in [1.29, 1.82) is 0 Å². The molecular formula is C14H13N3O3S. The summed E-state index contributed by atoms with van der Waals surface area (Å²) < 4.78 is 5.34. The summed E-state index contributed by atoms with van der Waals surface area (Å²) in [5, 5.41) is 2.66. The van der Waals surface area contributed by atoms with Gasteiger partial charge in [0.15, 0.2) is 0 Å². The molecule has 0 aliphatic carbocycles. The lowest BCUT2D eigenvalue weighted by Crippen LogP contribution is -2.19. The highest BCUT2D eigenvalue weighted by Crippen LogP contribution is 2.17. The second kappa shape index (κ2) is 6.67. The van der Waals surface area contributed by atoms with E-state index in [4.69, 9.17) is 22.7 Å². The largest absolute Gasteiger partial charge is 0.486 e. The van der Waals surface area contributed by atoms with Crippen LogP contribution in [-0.4, -0.2) is 22.5 Å². The summed E-state index contributed by atoms with van der Waals surface area (Å²) in [6.07, 6.45) is 0. The van der Waals surface area contributed by atoms with Gasteiger partial charge in [0.1, 0.15) is 23.0 Å². The summed E-state index contributed by atoms with van der Waals surface area (Å²) in [4.78, 5) is 25.8. The molecule has 0 radical (unpaired) electrons. The number of hydrogen-bond acceptors (Lipinski definition) is 4. The highest BCUT2D eigenvalue weighted by molar-refractivity contribution is 7.80. The van der Waals surface area contributed by atoms with Crippen molar-refractivity contribution >= 4 is 28.8 Å². The maximum absolute atomic E-state index is 12.0. The molecule has 1 amide bonds. The zero-order chi connectivity index (χ0) is 15.2. The van der Waals surface area contributed by atoms with Crippen LogP contribution in [-0.2, 0) is 0 Å². The molecule has 108 valence electrons. The third-order valence-electron chi connectivity index (χ3n) is 2.49. The second-order valence-corrected chi connectivity index (χ2v) is 4.69. The quantitative estimate of drug-likeness (QED) is 0.723. The van der Waals surface area contributed by atoms with Gasteiger partial charge in [0.05, 0.1) is 0 Å². The Hall–Kier alpha value is -2.67. The van der Waals surface area contributed by atoms with Crippen LogP contribution in [0.15, 0.2) is 47.3 Å². The summed E-state index contributed by atoms with van der Waals surface area (Å²) in [7, 11) is 0. The number of carbonyl (C=O) groups excluding carboxylic acids is 1. The first-order valence-electron chi connectivity index (χ1n) is 6.06. The Morgan fingerprint density at radius 2 is 2.05 bits per heavy atom. The fraction of sp³-hybridized carbons (Fsp3) is 0.0714. The molecule has 1 aromatic carbocycles. The van der Waals surface area contributed by atoms with E-state index in [1.165, 1.54) is 18.2 Å². The molecule has 0 aliphatic rings. The number of H-pyrrole nitrogens is 1. The molecule has 7 heteroatoms. The van der Waals surface area contributed by atoms with Crippen molar-refractivity contribution in [2.45, 2.75) is 0 Å². The van der Waals surface area contributed by atoms with Gasteiger partial charge in [-0.15, -0.1) is 0 Å². The van der Waals surface area contributed by atoms with Gasteiger partial charge in [-0.1, -0.05) is 24.4 Å². The predicted molar refractivity (Wildman–Crippen MR) is 83.7 cm³/mol. The molecule has 6 nitrogen and oxygen atoms in total. The molecule has 0 spiro atoms. The molecule has 21 heavy (non-hydrogen) atoms. The van der Waals surface area contributed by atoms with E-state index in [-0.39, 0.29) is 22.8 Å². The van der Waals surface area contributed by atoms with Gasteiger partial charge in [0.2, 0.25) is 5.56 Å². The number of aromatic nitrogens is 1. The lowest BCUT2D eigenvalue weighted by Gasteiger charge is -2.08. The molecule has 0 saturated carbocycles. The normalized spacial score (nSPS) is 9.90. The molecule has 0 atom stereocenters. The zero-order valence-corrected chi connectivity index (χ0v) is 11.8. The number of benzene rings is 1. The van der Waals surface area contributed by atoms with Crippen LogP contribution < -0.4 is 21.3 Å². The minimum absolute atomic E-state index is 0.124. The lowest BCUT2D eigenvalue weighted by atomic mass is 10.2. The molecule has 0 aliphatic heterocycles. The van der Waals surface area contributed by atoms with Gasteiger partial charge in [-0.3, -0.25) is 9.59 Å². The van der Waals surface area contributed by atoms with Gasteiger partial charge in [-0.25, -0.2) is 0 Å². The molecule has 0 fully saturated rings. The molecule has 2 aromatic rings. The first-order valence-corrected chi connectivity index (χ1v) is 6.47. The summed E-state index contributed by atoms with van der Waals surface area (Å²) in [6, 6.07) is 11.1. The number of amides is 1. The summed E-state index contributed by atoms with van der Waals surface area (Å²) in [5.41, 5.74) is 5.73. The van der Waals surface area contributed by atoms with E-state index in [1.807, 2.05) is 0 Å². The van der Waals surface area contributed by atoms with Crippen LogP contribution in [0.25, 0.3) is 0 Å². The number of ether oxygens (including phenoxy) is 1. The van der Waals surface area contributed by atoms with Crippen molar-refractivity contribution in [3.63, 3.8) is 0 Å². The van der Waals surface area contributed by atoms with Gasteiger partial charge >= 0.3 is 0 Å². The highest BCUT2D eigenvalue weighted by Gasteiger charge is 2.07. The molecule has 2 rings (SSSR count). The summed E-state index contributed by atoms with van der Waals surface area (Å²) >= 11 is 4.72. The SMILES string of the molecule is NC(=S)COc1cccc(NC(=O)c2cccc(=O)[nH]2)c1. The van der Waals surface area contributed by atoms with E-state index in [2.05, 4.69) is 10.3 Å². The van der Waals surface area contributed by atoms with Crippen LogP contribution in [0.1, 0.15) is 10.5 Å². The van der Waals surface area contributed by atoms with Gasteiger partial charge in [0, 0.05) is 17.8 Å². The number of hydrogen-bond donors (Lipinski definition) is 3. The zero-order valence-electron chi connectivity index (χ0n) is 11.0. The Morgan fingerprint density at radius 3 is 2.76 bits per heavy atom. The number of aromatic amines is 1. The minimum atomic E-state index is -0.417. The summed E-state index contributed by atoms with van der Waals surface area (Å²) in [5.74, 6) is 0.112. The molecular weight excluding hydrogens is 290 g/mol. The van der Waals surface area contributed by atoms with Gasteiger partial charge in [-0.2, -0.15) is 0 Å². The number of pyridine rings is 1. The predicted octanol–water partition coefficient (Wildman–Crippen LogP) is 1.29. The van der Waals surface area contributed by atoms with Crippen molar-refractivity contribution in [3.8, 4) is 5.75 Å². The number of nitrogens with one attached hydrogen (secondary N) is 2. The molecule has 4 N–H and O–H groups in total. The van der Waals surface area contributed by atoms with E-state index in [9.17, 15) is 9.59 Å². The first kappa shape index (κ1) is 14.7. The summed E-state index contributed by atoms with van der Waals surface area (Å²) in [6.45, 7) is 0.124. The molecule has 0 bridgehead atoms. The Morgan fingerprint density at radius 1 is 1.29 bits per heavy atom. The first-order chi connectivity index (χ1) is 10.0. The third kappa shape index (κ3) is 4.43. The Bertz CT molecular complexity index is 727. The monoisotopic (exact) mass is 303 g/mol. The minimum Gasteiger partial charge on any atom is -0.486 e. The van der Waals surface area contributed by atoms with Crippen LogP contribution in [0.2, 0.25) is 0 Å². The number of carbonyl (C=O) groups is 1. The fourth-order valence-electron chi connectivity index (χ4n) is 1.60. The third-order valence-corrected chi connectivity index (χ3v) is 2.60. The van der Waals surface area contributed by atoms with Gasteiger partial charge in [0.25, 0.3) is 5.91 Å². The van der Waals surface area contributed by atoms with Crippen molar-refractivity contribution in [2.24, 2.45) is 5.73 Å². The van der Waals surface area contributed by atoms with Crippen molar-refractivity contribution in [1.82, 2.24) is 4.98 Å². The maximum Gasteiger partial charge on any atom is 0.272 e. The van der Waals surface area contributed by atoms with E-state index >= 15 is 0 Å². The number of thiocarbonyl (C=S) groups is 1. The average Bonchev–Trinajstić information content (AvgIpc) is 2.45. The van der Waals surface area contributed by atoms with Crippen molar-refractivity contribution in [3.05, 3.63) is 58.5 Å². The molecule has 0 unspecified atom stereocenters. The van der Waals surface area contributed by atoms with Crippen LogP contribution in [0.3, 0.4) is 0 Å². The molecule has 0 saturated heterocycles. The number of nitrogens with two attached hydrogens (primary N) is 1. The number of rotatable bonds is 5. The maximum atomic E-state index is 12.0. The smallest absolute Gasteiger partial charge is 0.272 e. The lowest BCUT2D eigenvalue weighted by molar-refractivity contribution is 0.102. The molecule has 1 aromatic heterocycles. The number of anilines is 1. The van der Waals surface area contributed by atoms with Gasteiger partial charge < -0.3 is 20.8 Å². The Balaban J connectivity index is 2.09. The average molecular weight is 303 g/mol. The second-order valence-electron chi connectivity index (χ2n) is 4.17. The standard InChI is InChI=1S/C14H13N3O3S/c15-12(21)8-20-10-4-1-3-9(7-10)16-14(19)11-5-2-6-13(18)17-11/h1-7H,8H2,(H2,15,21)(H,16,19)(H,17,18). The van der Waals surface area contributed by atoms with Crippen LogP contribution in [0, 0.1) is 0 Å². The highest BCUT2D eigenvalue weighted by atomic mass is 32.1.